The first-order valence-electron chi connectivity index (χ1n) is 10.0. The molecule has 2 aromatic heterocycles. The first-order valence-corrected chi connectivity index (χ1v) is 10.0. The van der Waals surface area contributed by atoms with E-state index in [4.69, 9.17) is 4.74 Å². The quantitative estimate of drug-likeness (QED) is 0.603. The fourth-order valence-electron chi connectivity index (χ4n) is 3.72. The Labute approximate surface area is 174 Å². The lowest BCUT2D eigenvalue weighted by Gasteiger charge is -2.33. The number of tetrazole rings is 1. The summed E-state index contributed by atoms with van der Waals surface area (Å²) in [6.07, 6.45) is 1.90. The number of carbonyl (C=O) groups excluding carboxylic acids is 1. The number of nitrogens with one attached hydrogen (secondary N) is 1. The number of amides is 1. The molecule has 0 aliphatic carbocycles. The highest BCUT2D eigenvalue weighted by molar-refractivity contribution is 5.75. The second-order valence-electron chi connectivity index (χ2n) is 7.35. The van der Waals surface area contributed by atoms with Crippen molar-refractivity contribution in [3.8, 4) is 0 Å². The zero-order valence-corrected chi connectivity index (χ0v) is 17.2. The summed E-state index contributed by atoms with van der Waals surface area (Å²) in [5.41, 5.74) is 2.97. The molecule has 10 nitrogen and oxygen atoms in total. The fourth-order valence-corrected chi connectivity index (χ4v) is 3.72. The SMILES string of the molecule is Cc1nn(C)cc1CNC(=O)Cn1nnnc1[C@H](c1ccccc1)N1CCOCC1. The smallest absolute Gasteiger partial charge is 0.242 e. The van der Waals surface area contributed by atoms with Crippen molar-refractivity contribution in [2.24, 2.45) is 7.05 Å². The number of aromatic nitrogens is 6. The minimum Gasteiger partial charge on any atom is -0.379 e. The number of nitrogens with zero attached hydrogens (tertiary/aromatic N) is 7. The number of benzene rings is 1. The Morgan fingerprint density at radius 2 is 2.00 bits per heavy atom. The van der Waals surface area contributed by atoms with Gasteiger partial charge in [0.05, 0.1) is 24.9 Å². The molecule has 1 atom stereocenters. The third-order valence-corrected chi connectivity index (χ3v) is 5.21. The molecule has 0 spiro atoms. The van der Waals surface area contributed by atoms with Crippen LogP contribution in [0.4, 0.5) is 0 Å². The summed E-state index contributed by atoms with van der Waals surface area (Å²) in [7, 11) is 1.86. The molecule has 1 saturated heterocycles. The van der Waals surface area contributed by atoms with Crippen molar-refractivity contribution in [2.75, 3.05) is 26.3 Å². The molecule has 3 heterocycles. The number of rotatable bonds is 7. The summed E-state index contributed by atoms with van der Waals surface area (Å²) >= 11 is 0. The van der Waals surface area contributed by atoms with Gasteiger partial charge in [0, 0.05) is 38.4 Å². The molecular weight excluding hydrogens is 384 g/mol. The van der Waals surface area contributed by atoms with E-state index in [9.17, 15) is 4.79 Å². The highest BCUT2D eigenvalue weighted by atomic mass is 16.5. The molecule has 30 heavy (non-hydrogen) atoms. The summed E-state index contributed by atoms with van der Waals surface area (Å²) in [5.74, 6) is 0.497. The number of hydrogen-bond donors (Lipinski definition) is 1. The zero-order valence-electron chi connectivity index (χ0n) is 17.2. The fraction of sp³-hybridized carbons (Fsp3) is 0.450. The van der Waals surface area contributed by atoms with Crippen LogP contribution in [0.2, 0.25) is 0 Å². The van der Waals surface area contributed by atoms with E-state index in [1.165, 1.54) is 0 Å². The van der Waals surface area contributed by atoms with Gasteiger partial charge in [0.2, 0.25) is 5.91 Å². The molecule has 1 aliphatic rings. The van der Waals surface area contributed by atoms with Gasteiger partial charge >= 0.3 is 0 Å². The van der Waals surface area contributed by atoms with Crippen molar-refractivity contribution in [1.82, 2.24) is 40.2 Å². The minimum atomic E-state index is -0.152. The van der Waals surface area contributed by atoms with Gasteiger partial charge in [0.1, 0.15) is 6.54 Å². The molecule has 0 radical (unpaired) electrons. The molecule has 10 heteroatoms. The Hall–Kier alpha value is -3.11. The van der Waals surface area contributed by atoms with E-state index >= 15 is 0 Å². The van der Waals surface area contributed by atoms with Crippen molar-refractivity contribution in [2.45, 2.75) is 26.1 Å². The molecule has 0 saturated carbocycles. The lowest BCUT2D eigenvalue weighted by molar-refractivity contribution is -0.122. The van der Waals surface area contributed by atoms with Crippen LogP contribution in [0.3, 0.4) is 0 Å². The van der Waals surface area contributed by atoms with Crippen molar-refractivity contribution < 1.29 is 9.53 Å². The van der Waals surface area contributed by atoms with Gasteiger partial charge < -0.3 is 10.1 Å². The van der Waals surface area contributed by atoms with Crippen LogP contribution in [0, 0.1) is 6.92 Å². The van der Waals surface area contributed by atoms with Gasteiger partial charge in [-0.15, -0.1) is 5.10 Å². The Morgan fingerprint density at radius 3 is 2.70 bits per heavy atom. The monoisotopic (exact) mass is 410 g/mol. The van der Waals surface area contributed by atoms with E-state index in [0.717, 1.165) is 29.9 Å². The summed E-state index contributed by atoms with van der Waals surface area (Å²) < 4.78 is 8.83. The van der Waals surface area contributed by atoms with Gasteiger partial charge in [-0.2, -0.15) is 5.10 Å². The Kier molecular flexibility index (Phi) is 6.15. The van der Waals surface area contributed by atoms with E-state index in [-0.39, 0.29) is 18.5 Å². The molecule has 0 unspecified atom stereocenters. The lowest BCUT2D eigenvalue weighted by Crippen LogP contribution is -2.41. The molecule has 1 N–H and O–H groups in total. The van der Waals surface area contributed by atoms with E-state index < -0.39 is 0 Å². The number of carbonyl (C=O) groups is 1. The number of hydrogen-bond acceptors (Lipinski definition) is 7. The second-order valence-corrected chi connectivity index (χ2v) is 7.35. The van der Waals surface area contributed by atoms with Crippen LogP contribution < -0.4 is 5.32 Å². The molecule has 1 amide bonds. The number of aryl methyl sites for hydroxylation is 2. The lowest BCUT2D eigenvalue weighted by atomic mass is 10.0. The minimum absolute atomic E-state index is 0.0509. The van der Waals surface area contributed by atoms with Crippen LogP contribution in [0.15, 0.2) is 36.5 Å². The highest BCUT2D eigenvalue weighted by Crippen LogP contribution is 2.27. The van der Waals surface area contributed by atoms with E-state index in [1.807, 2.05) is 38.4 Å². The van der Waals surface area contributed by atoms with E-state index in [2.05, 4.69) is 43.0 Å². The van der Waals surface area contributed by atoms with Crippen LogP contribution in [-0.4, -0.2) is 67.1 Å². The maximum atomic E-state index is 12.6. The van der Waals surface area contributed by atoms with Crippen molar-refractivity contribution in [1.29, 1.82) is 0 Å². The summed E-state index contributed by atoms with van der Waals surface area (Å²) in [4.78, 5) is 14.9. The molecule has 158 valence electrons. The first kappa shape index (κ1) is 20.2. The van der Waals surface area contributed by atoms with Crippen LogP contribution >= 0.6 is 0 Å². The van der Waals surface area contributed by atoms with Gasteiger partial charge in [-0.25, -0.2) is 4.68 Å². The molecule has 1 aliphatic heterocycles. The van der Waals surface area contributed by atoms with Crippen LogP contribution in [0.1, 0.15) is 28.7 Å². The van der Waals surface area contributed by atoms with Gasteiger partial charge in [-0.1, -0.05) is 30.3 Å². The molecular formula is C20H26N8O2. The molecule has 1 fully saturated rings. The van der Waals surface area contributed by atoms with Gasteiger partial charge in [-0.05, 0) is 22.9 Å². The second kappa shape index (κ2) is 9.14. The Balaban J connectivity index is 1.51. The standard InChI is InChI=1S/C20H26N8O2/c1-15-17(13-26(2)23-15)12-21-18(29)14-28-20(22-24-25-28)19(16-6-4-3-5-7-16)27-8-10-30-11-9-27/h3-7,13,19H,8-12,14H2,1-2H3,(H,21,29)/t19-/m0/s1. The summed E-state index contributed by atoms with van der Waals surface area (Å²) in [5, 5.41) is 19.5. The van der Waals surface area contributed by atoms with Gasteiger partial charge in [0.15, 0.2) is 5.82 Å². The number of morpholine rings is 1. The van der Waals surface area contributed by atoms with Crippen LogP contribution in [0.5, 0.6) is 0 Å². The molecule has 3 aromatic rings. The van der Waals surface area contributed by atoms with Gasteiger partial charge in [-0.3, -0.25) is 14.4 Å². The molecule has 0 bridgehead atoms. The molecule has 4 rings (SSSR count). The average molecular weight is 410 g/mol. The normalized spacial score (nSPS) is 15.8. The summed E-state index contributed by atoms with van der Waals surface area (Å²) in [6, 6.07) is 9.96. The predicted molar refractivity (Wildman–Crippen MR) is 108 cm³/mol. The van der Waals surface area contributed by atoms with Crippen LogP contribution in [0.25, 0.3) is 0 Å². The van der Waals surface area contributed by atoms with E-state index in [1.54, 1.807) is 9.36 Å². The van der Waals surface area contributed by atoms with Crippen molar-refractivity contribution in [3.05, 3.63) is 59.2 Å². The number of ether oxygens (including phenoxy) is 1. The topological polar surface area (TPSA) is 103 Å². The van der Waals surface area contributed by atoms with Crippen LogP contribution in [-0.2, 0) is 29.7 Å². The first-order chi connectivity index (χ1) is 14.6. The third-order valence-electron chi connectivity index (χ3n) is 5.21. The Morgan fingerprint density at radius 1 is 1.23 bits per heavy atom. The van der Waals surface area contributed by atoms with Crippen molar-refractivity contribution in [3.63, 3.8) is 0 Å². The average Bonchev–Trinajstić information content (AvgIpc) is 3.33. The van der Waals surface area contributed by atoms with Gasteiger partial charge in [0.25, 0.3) is 0 Å². The zero-order chi connectivity index (χ0) is 20.9. The summed E-state index contributed by atoms with van der Waals surface area (Å²) in [6.45, 7) is 5.27. The largest absolute Gasteiger partial charge is 0.379 e. The van der Waals surface area contributed by atoms with E-state index in [0.29, 0.717) is 25.6 Å². The third kappa shape index (κ3) is 4.55. The highest BCUT2D eigenvalue weighted by Gasteiger charge is 2.29. The Bertz CT molecular complexity index is 978. The maximum absolute atomic E-state index is 12.6. The molecule has 1 aromatic carbocycles. The predicted octanol–water partition coefficient (Wildman–Crippen LogP) is 0.453. The van der Waals surface area contributed by atoms with Crippen molar-refractivity contribution >= 4 is 5.91 Å². The maximum Gasteiger partial charge on any atom is 0.242 e.